The first-order valence-corrected chi connectivity index (χ1v) is 8.18. The lowest BCUT2D eigenvalue weighted by Gasteiger charge is -2.09. The second kappa shape index (κ2) is 6.80. The molecule has 0 saturated heterocycles. The van der Waals surface area contributed by atoms with Crippen LogP contribution in [0.15, 0.2) is 29.2 Å². The van der Waals surface area contributed by atoms with E-state index < -0.39 is 22.5 Å². The fourth-order valence-corrected chi connectivity index (χ4v) is 3.36. The third kappa shape index (κ3) is 3.88. The van der Waals surface area contributed by atoms with Crippen LogP contribution in [0.1, 0.15) is 11.4 Å². The van der Waals surface area contributed by atoms with Gasteiger partial charge in [-0.25, -0.2) is 8.42 Å². The van der Waals surface area contributed by atoms with E-state index in [1.54, 1.807) is 38.1 Å². The number of hydrogen-bond donors (Lipinski definition) is 2. The molecule has 1 aromatic heterocycles. The highest BCUT2D eigenvalue weighted by atomic mass is 32.2. The van der Waals surface area contributed by atoms with E-state index in [2.05, 4.69) is 14.9 Å². The number of para-hydroxylation sites is 2. The van der Waals surface area contributed by atoms with Crippen molar-refractivity contribution in [1.82, 2.24) is 14.9 Å². The number of methoxy groups -OCH3 is 1. The number of rotatable bonds is 6. The van der Waals surface area contributed by atoms with E-state index in [1.807, 2.05) is 0 Å². The lowest BCUT2D eigenvalue weighted by molar-refractivity contribution is -0.133. The van der Waals surface area contributed by atoms with Crippen LogP contribution in [0.2, 0.25) is 0 Å². The van der Waals surface area contributed by atoms with Gasteiger partial charge in [-0.1, -0.05) is 12.1 Å². The van der Waals surface area contributed by atoms with E-state index in [-0.39, 0.29) is 10.6 Å². The van der Waals surface area contributed by atoms with Crippen LogP contribution >= 0.6 is 0 Å². The van der Waals surface area contributed by atoms with Crippen molar-refractivity contribution in [2.45, 2.75) is 18.7 Å². The lowest BCUT2D eigenvalue weighted by Crippen LogP contribution is -2.32. The summed E-state index contributed by atoms with van der Waals surface area (Å²) in [5, 5.41) is 6.41. The van der Waals surface area contributed by atoms with Crippen molar-refractivity contribution in [3.05, 3.63) is 35.7 Å². The predicted octanol–water partition coefficient (Wildman–Crippen LogP) is 0.919. The minimum Gasteiger partial charge on any atom is -0.493 e. The number of ether oxygens (including phenoxy) is 2. The predicted molar refractivity (Wildman–Crippen MR) is 81.9 cm³/mol. The zero-order valence-corrected chi connectivity index (χ0v) is 13.7. The SMILES string of the molecule is COc1ccccc1OC(=O)CNS(=O)(=O)c1c(C)n[nH]c1C. The standard InChI is InChI=1S/C14H17N3O5S/c1-9-14(10(2)17-16-9)23(19,20)15-8-13(18)22-12-7-5-4-6-11(12)21-3/h4-7,15H,8H2,1-3H3,(H,16,17). The molecule has 0 amide bonds. The molecule has 9 heteroatoms. The van der Waals surface area contributed by atoms with Crippen LogP contribution in [0.25, 0.3) is 0 Å². The second-order valence-corrected chi connectivity index (χ2v) is 6.42. The number of esters is 1. The molecule has 0 unspecified atom stereocenters. The summed E-state index contributed by atoms with van der Waals surface area (Å²) in [7, 11) is -2.41. The quantitative estimate of drug-likeness (QED) is 0.598. The van der Waals surface area contributed by atoms with E-state index in [0.29, 0.717) is 17.1 Å². The summed E-state index contributed by atoms with van der Waals surface area (Å²) in [5.41, 5.74) is 0.723. The molecular weight excluding hydrogens is 322 g/mol. The smallest absolute Gasteiger partial charge is 0.326 e. The summed E-state index contributed by atoms with van der Waals surface area (Å²) in [6.07, 6.45) is 0. The van der Waals surface area contributed by atoms with Gasteiger partial charge in [0.15, 0.2) is 11.5 Å². The highest BCUT2D eigenvalue weighted by Crippen LogP contribution is 2.25. The van der Waals surface area contributed by atoms with E-state index in [0.717, 1.165) is 0 Å². The van der Waals surface area contributed by atoms with Crippen molar-refractivity contribution in [1.29, 1.82) is 0 Å². The normalized spacial score (nSPS) is 11.3. The van der Waals surface area contributed by atoms with Gasteiger partial charge in [0.05, 0.1) is 18.5 Å². The Bertz CT molecular complexity index is 794. The Morgan fingerprint density at radius 2 is 1.91 bits per heavy atom. The Kier molecular flexibility index (Phi) is 5.02. The monoisotopic (exact) mass is 339 g/mol. The first-order chi connectivity index (χ1) is 10.8. The first-order valence-electron chi connectivity index (χ1n) is 6.70. The number of carbonyl (C=O) groups is 1. The largest absolute Gasteiger partial charge is 0.493 e. The van der Waals surface area contributed by atoms with Crippen LogP contribution in [0, 0.1) is 13.8 Å². The van der Waals surface area contributed by atoms with Crippen molar-refractivity contribution in [3.8, 4) is 11.5 Å². The molecule has 0 radical (unpaired) electrons. The van der Waals surface area contributed by atoms with Crippen molar-refractivity contribution in [2.24, 2.45) is 0 Å². The van der Waals surface area contributed by atoms with Crippen molar-refractivity contribution >= 4 is 16.0 Å². The number of aryl methyl sites for hydroxylation is 2. The highest BCUT2D eigenvalue weighted by Gasteiger charge is 2.23. The molecule has 1 heterocycles. The minimum absolute atomic E-state index is 0.0302. The molecule has 0 atom stereocenters. The molecule has 0 spiro atoms. The number of aromatic amines is 1. The highest BCUT2D eigenvalue weighted by molar-refractivity contribution is 7.89. The molecule has 0 bridgehead atoms. The number of sulfonamides is 1. The molecular formula is C14H17N3O5S. The average Bonchev–Trinajstić information content (AvgIpc) is 2.85. The maximum atomic E-state index is 12.2. The second-order valence-electron chi connectivity index (χ2n) is 4.71. The van der Waals surface area contributed by atoms with Gasteiger partial charge < -0.3 is 9.47 Å². The van der Waals surface area contributed by atoms with Gasteiger partial charge >= 0.3 is 5.97 Å². The fourth-order valence-electron chi connectivity index (χ4n) is 2.02. The van der Waals surface area contributed by atoms with Gasteiger partial charge in [-0.05, 0) is 26.0 Å². The Morgan fingerprint density at radius 3 is 2.48 bits per heavy atom. The summed E-state index contributed by atoms with van der Waals surface area (Å²) in [6.45, 7) is 2.64. The van der Waals surface area contributed by atoms with Crippen molar-refractivity contribution in [2.75, 3.05) is 13.7 Å². The minimum atomic E-state index is -3.86. The molecule has 2 aromatic rings. The van der Waals surface area contributed by atoms with Crippen molar-refractivity contribution < 1.29 is 22.7 Å². The number of nitrogens with one attached hydrogen (secondary N) is 2. The summed E-state index contributed by atoms with van der Waals surface area (Å²) in [4.78, 5) is 11.9. The summed E-state index contributed by atoms with van der Waals surface area (Å²) >= 11 is 0. The molecule has 0 aliphatic carbocycles. The molecule has 8 nitrogen and oxygen atoms in total. The van der Waals surface area contributed by atoms with Crippen LogP contribution in [0.3, 0.4) is 0 Å². The van der Waals surface area contributed by atoms with Gasteiger partial charge in [0.1, 0.15) is 11.4 Å². The van der Waals surface area contributed by atoms with Gasteiger partial charge in [-0.15, -0.1) is 0 Å². The topological polar surface area (TPSA) is 110 Å². The Balaban J connectivity index is 2.04. The number of benzene rings is 1. The zero-order valence-electron chi connectivity index (χ0n) is 12.9. The van der Waals surface area contributed by atoms with E-state index >= 15 is 0 Å². The summed E-state index contributed by atoms with van der Waals surface area (Å²) in [5.74, 6) is -0.156. The third-order valence-corrected chi connectivity index (χ3v) is 4.69. The number of carbonyl (C=O) groups excluding carboxylic acids is 1. The molecule has 0 saturated carbocycles. The maximum Gasteiger partial charge on any atom is 0.326 e. The maximum absolute atomic E-state index is 12.2. The summed E-state index contributed by atoms with van der Waals surface area (Å²) < 4.78 is 36.8. The van der Waals surface area contributed by atoms with Gasteiger partial charge in [0.25, 0.3) is 0 Å². The van der Waals surface area contributed by atoms with Gasteiger partial charge in [0.2, 0.25) is 10.0 Å². The molecule has 2 rings (SSSR count). The number of H-pyrrole nitrogens is 1. The zero-order chi connectivity index (χ0) is 17.0. The van der Waals surface area contributed by atoms with Gasteiger partial charge in [-0.2, -0.15) is 9.82 Å². The molecule has 1 aromatic carbocycles. The van der Waals surface area contributed by atoms with E-state index in [9.17, 15) is 13.2 Å². The molecule has 2 N–H and O–H groups in total. The Labute approximate surface area is 133 Å². The van der Waals surface area contributed by atoms with Gasteiger partial charge in [-0.3, -0.25) is 9.89 Å². The molecule has 124 valence electrons. The molecule has 0 fully saturated rings. The van der Waals surface area contributed by atoms with Crippen LogP contribution < -0.4 is 14.2 Å². The van der Waals surface area contributed by atoms with Crippen molar-refractivity contribution in [3.63, 3.8) is 0 Å². The van der Waals surface area contributed by atoms with Crippen LogP contribution in [0.4, 0.5) is 0 Å². The Morgan fingerprint density at radius 1 is 1.26 bits per heavy atom. The lowest BCUT2D eigenvalue weighted by atomic mass is 10.3. The van der Waals surface area contributed by atoms with Gasteiger partial charge in [0, 0.05) is 0 Å². The average molecular weight is 339 g/mol. The Hall–Kier alpha value is -2.39. The van der Waals surface area contributed by atoms with Crippen LogP contribution in [0.5, 0.6) is 11.5 Å². The number of nitrogens with zero attached hydrogens (tertiary/aromatic N) is 1. The van der Waals surface area contributed by atoms with Crippen LogP contribution in [-0.4, -0.2) is 38.2 Å². The van der Waals surface area contributed by atoms with Crippen LogP contribution in [-0.2, 0) is 14.8 Å². The molecule has 23 heavy (non-hydrogen) atoms. The third-order valence-electron chi connectivity index (χ3n) is 3.03. The summed E-state index contributed by atoms with van der Waals surface area (Å²) in [6, 6.07) is 6.58. The van der Waals surface area contributed by atoms with E-state index in [4.69, 9.17) is 9.47 Å². The fraction of sp³-hybridized carbons (Fsp3) is 0.286. The number of hydrogen-bond acceptors (Lipinski definition) is 6. The van der Waals surface area contributed by atoms with E-state index in [1.165, 1.54) is 7.11 Å². The molecule has 0 aliphatic rings. The first kappa shape index (κ1) is 17.0. The molecule has 0 aliphatic heterocycles. The number of aromatic nitrogens is 2.